The zero-order valence-electron chi connectivity index (χ0n) is 14.0. The summed E-state index contributed by atoms with van der Waals surface area (Å²) in [7, 11) is 3.92. The Morgan fingerprint density at radius 3 is 2.67 bits per heavy atom. The molecule has 1 fully saturated rings. The van der Waals surface area contributed by atoms with Gasteiger partial charge in [0.25, 0.3) is 0 Å². The van der Waals surface area contributed by atoms with Crippen molar-refractivity contribution >= 4 is 16.5 Å². The zero-order valence-corrected chi connectivity index (χ0v) is 14.8. The first-order valence-corrected chi connectivity index (χ1v) is 8.78. The van der Waals surface area contributed by atoms with Crippen molar-refractivity contribution in [3.8, 4) is 0 Å². The predicted octanol–water partition coefficient (Wildman–Crippen LogP) is 3.24. The smallest absolute Gasteiger partial charge is 0.185 e. The Bertz CT molecular complexity index is 443. The molecule has 0 aromatic carbocycles. The molecule has 21 heavy (non-hydrogen) atoms. The van der Waals surface area contributed by atoms with Crippen LogP contribution in [0.3, 0.4) is 0 Å². The highest BCUT2D eigenvalue weighted by Crippen LogP contribution is 2.38. The first-order chi connectivity index (χ1) is 10.0. The molecule has 0 saturated heterocycles. The molecule has 0 spiro atoms. The molecule has 1 N–H and O–H groups in total. The Morgan fingerprint density at radius 2 is 2.10 bits per heavy atom. The van der Waals surface area contributed by atoms with Crippen molar-refractivity contribution in [2.75, 3.05) is 32.2 Å². The molecule has 1 saturated carbocycles. The number of anilines is 1. The summed E-state index contributed by atoms with van der Waals surface area (Å²) in [4.78, 5) is 8.65. The lowest BCUT2D eigenvalue weighted by atomic mass is 10.1. The molecular formula is C16H29N3OS. The number of ether oxygens (including phenoxy) is 1. The highest BCUT2D eigenvalue weighted by atomic mass is 32.1. The molecule has 1 aromatic heterocycles. The molecule has 0 bridgehead atoms. The SMILES string of the molecule is COCCNCc1sc(N(C)C(C)C2CC2)nc1C(C)C. The fraction of sp³-hybridized carbons (Fsp3) is 0.812. The fourth-order valence-corrected chi connectivity index (χ4v) is 3.76. The van der Waals surface area contributed by atoms with E-state index in [1.165, 1.54) is 28.5 Å². The van der Waals surface area contributed by atoms with Crippen molar-refractivity contribution in [3.05, 3.63) is 10.6 Å². The van der Waals surface area contributed by atoms with Crippen LogP contribution in [-0.4, -0.2) is 38.3 Å². The number of rotatable bonds is 9. The molecule has 1 aliphatic carbocycles. The summed E-state index contributed by atoms with van der Waals surface area (Å²) < 4.78 is 5.08. The predicted molar refractivity (Wildman–Crippen MR) is 90.4 cm³/mol. The molecule has 0 aliphatic heterocycles. The van der Waals surface area contributed by atoms with Crippen LogP contribution in [0.5, 0.6) is 0 Å². The molecule has 1 aliphatic rings. The zero-order chi connectivity index (χ0) is 15.4. The number of methoxy groups -OCH3 is 1. The van der Waals surface area contributed by atoms with E-state index in [2.05, 4.69) is 38.0 Å². The lowest BCUT2D eigenvalue weighted by molar-refractivity contribution is 0.199. The minimum atomic E-state index is 0.471. The van der Waals surface area contributed by atoms with Gasteiger partial charge >= 0.3 is 0 Å². The summed E-state index contributed by atoms with van der Waals surface area (Å²) in [5.41, 5.74) is 1.25. The van der Waals surface area contributed by atoms with Crippen LogP contribution >= 0.6 is 11.3 Å². The second-order valence-corrected chi connectivity index (χ2v) is 7.38. The molecule has 1 heterocycles. The van der Waals surface area contributed by atoms with E-state index in [0.29, 0.717) is 12.0 Å². The van der Waals surface area contributed by atoms with Crippen molar-refractivity contribution in [1.29, 1.82) is 0 Å². The van der Waals surface area contributed by atoms with Gasteiger partial charge < -0.3 is 15.0 Å². The van der Waals surface area contributed by atoms with Crippen LogP contribution in [0.2, 0.25) is 0 Å². The van der Waals surface area contributed by atoms with Crippen LogP contribution in [0.4, 0.5) is 5.13 Å². The lowest BCUT2D eigenvalue weighted by Crippen LogP contribution is -2.30. The third kappa shape index (κ3) is 4.41. The minimum absolute atomic E-state index is 0.471. The van der Waals surface area contributed by atoms with Crippen molar-refractivity contribution in [2.24, 2.45) is 5.92 Å². The van der Waals surface area contributed by atoms with Crippen LogP contribution in [0.1, 0.15) is 50.1 Å². The summed E-state index contributed by atoms with van der Waals surface area (Å²) in [5.74, 6) is 1.34. The summed E-state index contributed by atoms with van der Waals surface area (Å²) >= 11 is 1.84. The van der Waals surface area contributed by atoms with Gasteiger partial charge in [-0.1, -0.05) is 13.8 Å². The van der Waals surface area contributed by atoms with Gasteiger partial charge in [0.15, 0.2) is 5.13 Å². The monoisotopic (exact) mass is 311 g/mol. The Morgan fingerprint density at radius 1 is 1.38 bits per heavy atom. The first-order valence-electron chi connectivity index (χ1n) is 7.96. The van der Waals surface area contributed by atoms with E-state index < -0.39 is 0 Å². The summed E-state index contributed by atoms with van der Waals surface area (Å²) in [6.07, 6.45) is 2.75. The van der Waals surface area contributed by atoms with E-state index in [4.69, 9.17) is 9.72 Å². The molecule has 120 valence electrons. The number of thiazole rings is 1. The quantitative estimate of drug-likeness (QED) is 0.711. The van der Waals surface area contributed by atoms with Crippen molar-refractivity contribution < 1.29 is 4.74 Å². The molecule has 2 rings (SSSR count). The van der Waals surface area contributed by atoms with Gasteiger partial charge in [0, 0.05) is 38.2 Å². The maximum Gasteiger partial charge on any atom is 0.185 e. The van der Waals surface area contributed by atoms with Crippen LogP contribution < -0.4 is 10.2 Å². The Kier molecular flexibility index (Phi) is 6.02. The van der Waals surface area contributed by atoms with Crippen LogP contribution in [0.15, 0.2) is 0 Å². The third-order valence-corrected chi connectivity index (χ3v) is 5.41. The van der Waals surface area contributed by atoms with Crippen LogP contribution in [0.25, 0.3) is 0 Å². The molecule has 0 amide bonds. The van der Waals surface area contributed by atoms with E-state index in [9.17, 15) is 0 Å². The Hall–Kier alpha value is -0.650. The van der Waals surface area contributed by atoms with Gasteiger partial charge in [-0.05, 0) is 31.6 Å². The fourth-order valence-electron chi connectivity index (χ4n) is 2.52. The van der Waals surface area contributed by atoms with E-state index in [0.717, 1.165) is 25.6 Å². The minimum Gasteiger partial charge on any atom is -0.383 e. The van der Waals surface area contributed by atoms with E-state index in [1.54, 1.807) is 7.11 Å². The van der Waals surface area contributed by atoms with E-state index in [-0.39, 0.29) is 0 Å². The number of nitrogens with one attached hydrogen (secondary N) is 1. The van der Waals surface area contributed by atoms with Crippen molar-refractivity contribution in [2.45, 2.75) is 52.1 Å². The lowest BCUT2D eigenvalue weighted by Gasteiger charge is -2.24. The average Bonchev–Trinajstić information content (AvgIpc) is 3.22. The second kappa shape index (κ2) is 7.56. The highest BCUT2D eigenvalue weighted by Gasteiger charge is 2.32. The summed E-state index contributed by atoms with van der Waals surface area (Å²) in [5, 5.41) is 4.61. The average molecular weight is 311 g/mol. The normalized spacial score (nSPS) is 16.5. The van der Waals surface area contributed by atoms with Gasteiger partial charge in [-0.25, -0.2) is 4.98 Å². The Labute approximate surface area is 132 Å². The van der Waals surface area contributed by atoms with Gasteiger partial charge in [-0.2, -0.15) is 0 Å². The van der Waals surface area contributed by atoms with Crippen LogP contribution in [-0.2, 0) is 11.3 Å². The second-order valence-electron chi connectivity index (χ2n) is 6.32. The number of aromatic nitrogens is 1. The van der Waals surface area contributed by atoms with Gasteiger partial charge in [-0.3, -0.25) is 0 Å². The molecule has 1 unspecified atom stereocenters. The molecular weight excluding hydrogens is 282 g/mol. The van der Waals surface area contributed by atoms with Gasteiger partial charge in [0.1, 0.15) is 0 Å². The molecule has 1 atom stereocenters. The van der Waals surface area contributed by atoms with Crippen molar-refractivity contribution in [1.82, 2.24) is 10.3 Å². The maximum absolute atomic E-state index is 5.08. The van der Waals surface area contributed by atoms with Crippen LogP contribution in [0, 0.1) is 5.92 Å². The largest absolute Gasteiger partial charge is 0.383 e. The number of nitrogens with zero attached hydrogens (tertiary/aromatic N) is 2. The van der Waals surface area contributed by atoms with Gasteiger partial charge in [-0.15, -0.1) is 11.3 Å². The number of hydrogen-bond donors (Lipinski definition) is 1. The number of hydrogen-bond acceptors (Lipinski definition) is 5. The topological polar surface area (TPSA) is 37.4 Å². The Balaban J connectivity index is 2.04. The highest BCUT2D eigenvalue weighted by molar-refractivity contribution is 7.15. The molecule has 4 nitrogen and oxygen atoms in total. The summed E-state index contributed by atoms with van der Waals surface area (Å²) in [6, 6.07) is 0.602. The van der Waals surface area contributed by atoms with Gasteiger partial charge in [0.05, 0.1) is 12.3 Å². The first kappa shape index (κ1) is 16.7. The van der Waals surface area contributed by atoms with E-state index >= 15 is 0 Å². The molecule has 0 radical (unpaired) electrons. The maximum atomic E-state index is 5.08. The van der Waals surface area contributed by atoms with E-state index in [1.807, 2.05) is 11.3 Å². The van der Waals surface area contributed by atoms with Gasteiger partial charge in [0.2, 0.25) is 0 Å². The third-order valence-electron chi connectivity index (χ3n) is 4.25. The summed E-state index contributed by atoms with van der Waals surface area (Å²) in [6.45, 7) is 9.30. The molecule has 1 aromatic rings. The standard InChI is InChI=1S/C16H29N3OS/c1-11(2)15-14(10-17-8-9-20-5)21-16(18-15)19(4)12(3)13-6-7-13/h11-13,17H,6-10H2,1-5H3. The van der Waals surface area contributed by atoms with Crippen molar-refractivity contribution in [3.63, 3.8) is 0 Å². The molecule has 5 heteroatoms.